The summed E-state index contributed by atoms with van der Waals surface area (Å²) in [5.41, 5.74) is -1.30. The van der Waals surface area contributed by atoms with Crippen LogP contribution in [0, 0.1) is 5.41 Å². The molecule has 2 fully saturated rings. The predicted molar refractivity (Wildman–Crippen MR) is 104 cm³/mol. The standard InChI is InChI=1S/C21H27F3N2O4/c1-3-19(2,29)17(27)14-25-11-8-20(9-12-25)10-13-26(18(20)28)15-4-6-16(7-5-15)30-21(22,23)24/h4-7,29H,3,8-14H2,1-2H3. The number of benzene rings is 1. The number of hydrogen-bond acceptors (Lipinski definition) is 5. The van der Waals surface area contributed by atoms with Crippen molar-refractivity contribution in [2.24, 2.45) is 5.41 Å². The Labute approximate surface area is 173 Å². The van der Waals surface area contributed by atoms with Gasteiger partial charge in [-0.2, -0.15) is 0 Å². The number of carbonyl (C=O) groups is 2. The van der Waals surface area contributed by atoms with Crippen LogP contribution in [0.1, 0.15) is 39.5 Å². The fourth-order valence-electron chi connectivity index (χ4n) is 4.07. The normalized spacial score (nSPS) is 21.7. The molecule has 1 aromatic rings. The van der Waals surface area contributed by atoms with Crippen molar-refractivity contribution >= 4 is 17.4 Å². The molecule has 2 aliphatic rings. The van der Waals surface area contributed by atoms with Crippen LogP contribution >= 0.6 is 0 Å². The molecule has 1 atom stereocenters. The number of halogens is 3. The van der Waals surface area contributed by atoms with E-state index in [0.29, 0.717) is 51.0 Å². The Morgan fingerprint density at radius 1 is 1.13 bits per heavy atom. The molecule has 0 bridgehead atoms. The summed E-state index contributed by atoms with van der Waals surface area (Å²) in [7, 11) is 0. The highest BCUT2D eigenvalue weighted by atomic mass is 19.4. The van der Waals surface area contributed by atoms with E-state index in [2.05, 4.69) is 4.74 Å². The summed E-state index contributed by atoms with van der Waals surface area (Å²) in [6.45, 7) is 5.12. The number of rotatable bonds is 6. The SMILES string of the molecule is CCC(C)(O)C(=O)CN1CCC2(CC1)CCN(c1ccc(OC(F)(F)F)cc1)C2=O. The van der Waals surface area contributed by atoms with E-state index in [0.717, 1.165) is 0 Å². The largest absolute Gasteiger partial charge is 0.573 e. The molecule has 30 heavy (non-hydrogen) atoms. The smallest absolute Gasteiger partial charge is 0.406 e. The lowest BCUT2D eigenvalue weighted by molar-refractivity contribution is -0.274. The second kappa shape index (κ2) is 8.19. The maximum absolute atomic E-state index is 13.1. The number of amides is 1. The van der Waals surface area contributed by atoms with Gasteiger partial charge in [0.2, 0.25) is 5.91 Å². The topological polar surface area (TPSA) is 70.1 Å². The Morgan fingerprint density at radius 2 is 1.70 bits per heavy atom. The van der Waals surface area contributed by atoms with Gasteiger partial charge in [-0.15, -0.1) is 13.2 Å². The van der Waals surface area contributed by atoms with Crippen LogP contribution in [0.15, 0.2) is 24.3 Å². The third-order valence-electron chi connectivity index (χ3n) is 6.36. The number of aliphatic hydroxyl groups is 1. The molecule has 0 radical (unpaired) electrons. The molecule has 1 amide bonds. The van der Waals surface area contributed by atoms with Gasteiger partial charge in [-0.25, -0.2) is 0 Å². The predicted octanol–water partition coefficient (Wildman–Crippen LogP) is 3.13. The molecule has 9 heteroatoms. The summed E-state index contributed by atoms with van der Waals surface area (Å²) in [5, 5.41) is 10.1. The van der Waals surface area contributed by atoms with E-state index in [1.54, 1.807) is 11.8 Å². The first-order valence-electron chi connectivity index (χ1n) is 10.1. The quantitative estimate of drug-likeness (QED) is 0.754. The molecule has 1 aromatic carbocycles. The molecule has 2 saturated heterocycles. The van der Waals surface area contributed by atoms with Crippen LogP contribution in [0.5, 0.6) is 5.75 Å². The van der Waals surface area contributed by atoms with Gasteiger partial charge in [0.25, 0.3) is 0 Å². The summed E-state index contributed by atoms with van der Waals surface area (Å²) in [6.07, 6.45) is -2.52. The van der Waals surface area contributed by atoms with Crippen LogP contribution < -0.4 is 9.64 Å². The van der Waals surface area contributed by atoms with Gasteiger partial charge in [-0.1, -0.05) is 6.92 Å². The van der Waals surface area contributed by atoms with E-state index in [4.69, 9.17) is 0 Å². The lowest BCUT2D eigenvalue weighted by Gasteiger charge is -2.38. The molecule has 0 aliphatic carbocycles. The second-order valence-electron chi connectivity index (χ2n) is 8.36. The lowest BCUT2D eigenvalue weighted by atomic mass is 9.77. The van der Waals surface area contributed by atoms with Crippen molar-refractivity contribution in [3.05, 3.63) is 24.3 Å². The third kappa shape index (κ3) is 4.78. The number of alkyl halides is 3. The van der Waals surface area contributed by atoms with Crippen LogP contribution in [0.2, 0.25) is 0 Å². The van der Waals surface area contributed by atoms with Gasteiger partial charge in [-0.05, 0) is 70.0 Å². The van der Waals surface area contributed by atoms with Gasteiger partial charge in [-0.3, -0.25) is 14.5 Å². The number of anilines is 1. The number of carbonyl (C=O) groups excluding carboxylic acids is 2. The summed E-state index contributed by atoms with van der Waals surface area (Å²) in [5.74, 6) is -0.575. The Hall–Kier alpha value is -2.13. The van der Waals surface area contributed by atoms with E-state index in [9.17, 15) is 27.9 Å². The summed E-state index contributed by atoms with van der Waals surface area (Å²) < 4.78 is 40.8. The molecular formula is C21H27F3N2O4. The van der Waals surface area contributed by atoms with Crippen molar-refractivity contribution in [3.8, 4) is 5.75 Å². The highest BCUT2D eigenvalue weighted by molar-refractivity contribution is 6.00. The van der Waals surface area contributed by atoms with Crippen LogP contribution in [0.3, 0.4) is 0 Å². The molecule has 3 rings (SSSR count). The van der Waals surface area contributed by atoms with Crippen LogP contribution in [-0.4, -0.2) is 59.8 Å². The Balaban J connectivity index is 1.60. The maximum Gasteiger partial charge on any atom is 0.573 e. The zero-order chi connectivity index (χ0) is 22.2. The average molecular weight is 428 g/mol. The van der Waals surface area contributed by atoms with E-state index in [-0.39, 0.29) is 24.0 Å². The zero-order valence-corrected chi connectivity index (χ0v) is 17.2. The maximum atomic E-state index is 13.1. The number of ether oxygens (including phenoxy) is 1. The van der Waals surface area contributed by atoms with Crippen molar-refractivity contribution in [1.29, 1.82) is 0 Å². The van der Waals surface area contributed by atoms with Gasteiger partial charge < -0.3 is 14.7 Å². The van der Waals surface area contributed by atoms with Crippen molar-refractivity contribution in [2.45, 2.75) is 51.5 Å². The van der Waals surface area contributed by atoms with E-state index < -0.39 is 17.4 Å². The van der Waals surface area contributed by atoms with Crippen LogP contribution in [-0.2, 0) is 9.59 Å². The molecule has 0 saturated carbocycles. The number of ketones is 1. The number of likely N-dealkylation sites (tertiary alicyclic amines) is 1. The lowest BCUT2D eigenvalue weighted by Crippen LogP contribution is -2.49. The third-order valence-corrected chi connectivity index (χ3v) is 6.36. The number of piperidine rings is 1. The average Bonchev–Trinajstić information content (AvgIpc) is 2.99. The highest BCUT2D eigenvalue weighted by Gasteiger charge is 2.48. The fraction of sp³-hybridized carbons (Fsp3) is 0.619. The van der Waals surface area contributed by atoms with Crippen molar-refractivity contribution < 1.29 is 32.6 Å². The summed E-state index contributed by atoms with van der Waals surface area (Å²) >= 11 is 0. The summed E-state index contributed by atoms with van der Waals surface area (Å²) in [4.78, 5) is 28.9. The molecule has 0 aromatic heterocycles. The summed E-state index contributed by atoms with van der Waals surface area (Å²) in [6, 6.07) is 5.32. The second-order valence-corrected chi connectivity index (χ2v) is 8.36. The van der Waals surface area contributed by atoms with E-state index in [1.807, 2.05) is 4.90 Å². The van der Waals surface area contributed by atoms with Crippen molar-refractivity contribution in [2.75, 3.05) is 31.1 Å². The molecule has 166 valence electrons. The molecule has 2 heterocycles. The Kier molecular flexibility index (Phi) is 6.15. The fourth-order valence-corrected chi connectivity index (χ4v) is 4.07. The van der Waals surface area contributed by atoms with Gasteiger partial charge in [0.15, 0.2) is 5.78 Å². The Bertz CT molecular complexity index is 784. The minimum atomic E-state index is -4.75. The van der Waals surface area contributed by atoms with Gasteiger partial charge in [0, 0.05) is 12.2 Å². The van der Waals surface area contributed by atoms with Crippen molar-refractivity contribution in [3.63, 3.8) is 0 Å². The zero-order valence-electron chi connectivity index (χ0n) is 17.2. The van der Waals surface area contributed by atoms with E-state index in [1.165, 1.54) is 31.2 Å². The van der Waals surface area contributed by atoms with E-state index >= 15 is 0 Å². The molecule has 1 spiro atoms. The minimum Gasteiger partial charge on any atom is -0.406 e. The minimum absolute atomic E-state index is 0.0291. The highest BCUT2D eigenvalue weighted by Crippen LogP contribution is 2.43. The molecule has 2 aliphatic heterocycles. The molecule has 1 unspecified atom stereocenters. The Morgan fingerprint density at radius 3 is 2.23 bits per heavy atom. The molecular weight excluding hydrogens is 401 g/mol. The first-order chi connectivity index (χ1) is 14.0. The van der Waals surface area contributed by atoms with Crippen LogP contribution in [0.4, 0.5) is 18.9 Å². The first-order valence-corrected chi connectivity index (χ1v) is 10.1. The monoisotopic (exact) mass is 428 g/mol. The van der Waals surface area contributed by atoms with Gasteiger partial charge >= 0.3 is 6.36 Å². The number of nitrogens with zero attached hydrogens (tertiary/aromatic N) is 2. The number of Topliss-reactive ketones (excluding diaryl/α,β-unsaturated/α-hetero) is 1. The number of hydrogen-bond donors (Lipinski definition) is 1. The first kappa shape index (κ1) is 22.6. The van der Waals surface area contributed by atoms with Crippen molar-refractivity contribution in [1.82, 2.24) is 4.90 Å². The van der Waals surface area contributed by atoms with Crippen LogP contribution in [0.25, 0.3) is 0 Å². The van der Waals surface area contributed by atoms with Gasteiger partial charge in [0.05, 0.1) is 12.0 Å². The molecule has 1 N–H and O–H groups in total. The molecule has 6 nitrogen and oxygen atoms in total. The van der Waals surface area contributed by atoms with Gasteiger partial charge in [0.1, 0.15) is 11.4 Å².